The molecule has 0 atom stereocenters. The van der Waals surface area contributed by atoms with Crippen LogP contribution in [0.15, 0.2) is 24.3 Å². The lowest BCUT2D eigenvalue weighted by molar-refractivity contribution is -0.131. The molecule has 0 aliphatic heterocycles. The normalized spacial score (nSPS) is 11.2. The highest BCUT2D eigenvalue weighted by Crippen LogP contribution is 2.22. The van der Waals surface area contributed by atoms with Crippen LogP contribution in [-0.4, -0.2) is 36.2 Å². The molecule has 0 heterocycles. The summed E-state index contributed by atoms with van der Waals surface area (Å²) in [6, 6.07) is 5.70. The average molecular weight is 263 g/mol. The minimum absolute atomic E-state index is 0.797. The van der Waals surface area contributed by atoms with E-state index >= 15 is 0 Å². The van der Waals surface area contributed by atoms with Crippen LogP contribution in [0.1, 0.15) is 25.0 Å². The molecule has 0 saturated heterocycles. The Balaban J connectivity index is 2.98. The van der Waals surface area contributed by atoms with Crippen LogP contribution in [0, 0.1) is 0 Å². The monoisotopic (exact) mass is 263 g/mol. The van der Waals surface area contributed by atoms with E-state index in [2.05, 4.69) is 18.7 Å². The van der Waals surface area contributed by atoms with E-state index in [4.69, 9.17) is 9.84 Å². The van der Waals surface area contributed by atoms with Gasteiger partial charge in [-0.05, 0) is 36.9 Å². The number of carboxylic acids is 1. The van der Waals surface area contributed by atoms with Gasteiger partial charge < -0.3 is 9.84 Å². The summed E-state index contributed by atoms with van der Waals surface area (Å²) in [5.74, 6) is -0.111. The van der Waals surface area contributed by atoms with Gasteiger partial charge in [-0.1, -0.05) is 19.9 Å². The smallest absolute Gasteiger partial charge is 0.328 e. The van der Waals surface area contributed by atoms with Gasteiger partial charge in [-0.2, -0.15) is 0 Å². The van der Waals surface area contributed by atoms with Crippen molar-refractivity contribution in [2.75, 3.05) is 20.2 Å². The molecule has 0 aromatic heterocycles. The van der Waals surface area contributed by atoms with Crippen LogP contribution in [0.3, 0.4) is 0 Å². The quantitative estimate of drug-likeness (QED) is 0.768. The van der Waals surface area contributed by atoms with Gasteiger partial charge in [0, 0.05) is 18.2 Å². The summed E-state index contributed by atoms with van der Waals surface area (Å²) < 4.78 is 5.35. The predicted octanol–water partition coefficient (Wildman–Crippen LogP) is 2.63. The lowest BCUT2D eigenvalue weighted by Crippen LogP contribution is -2.22. The Morgan fingerprint density at radius 1 is 1.37 bits per heavy atom. The highest BCUT2D eigenvalue weighted by atomic mass is 16.5. The van der Waals surface area contributed by atoms with E-state index in [1.165, 1.54) is 0 Å². The molecular weight excluding hydrogens is 242 g/mol. The summed E-state index contributed by atoms with van der Waals surface area (Å²) in [4.78, 5) is 12.8. The summed E-state index contributed by atoms with van der Waals surface area (Å²) in [5, 5.41) is 8.65. The van der Waals surface area contributed by atoms with E-state index < -0.39 is 5.97 Å². The van der Waals surface area contributed by atoms with Crippen molar-refractivity contribution in [1.82, 2.24) is 4.90 Å². The fraction of sp³-hybridized carbons (Fsp3) is 0.400. The Morgan fingerprint density at radius 2 is 2.05 bits per heavy atom. The van der Waals surface area contributed by atoms with Crippen LogP contribution in [0.25, 0.3) is 6.08 Å². The van der Waals surface area contributed by atoms with Gasteiger partial charge in [0.25, 0.3) is 0 Å². The lowest BCUT2D eigenvalue weighted by Gasteiger charge is -2.20. The third kappa shape index (κ3) is 4.75. The zero-order valence-electron chi connectivity index (χ0n) is 11.7. The molecule has 4 heteroatoms. The second kappa shape index (κ2) is 7.59. The maximum absolute atomic E-state index is 10.5. The molecule has 4 nitrogen and oxygen atoms in total. The SMILES string of the molecule is CCN(CC)Cc1cc(C=CC(=O)O)ccc1OC. The summed E-state index contributed by atoms with van der Waals surface area (Å²) in [7, 11) is 1.65. The minimum atomic E-state index is -0.943. The molecule has 0 unspecified atom stereocenters. The molecule has 0 aliphatic rings. The van der Waals surface area contributed by atoms with Crippen molar-refractivity contribution >= 4 is 12.0 Å². The molecule has 1 aromatic rings. The zero-order valence-corrected chi connectivity index (χ0v) is 11.7. The molecule has 0 bridgehead atoms. The minimum Gasteiger partial charge on any atom is -0.496 e. The molecule has 0 saturated carbocycles. The largest absolute Gasteiger partial charge is 0.496 e. The van der Waals surface area contributed by atoms with Gasteiger partial charge in [0.1, 0.15) is 5.75 Å². The number of rotatable bonds is 7. The van der Waals surface area contributed by atoms with Crippen LogP contribution in [0.4, 0.5) is 0 Å². The van der Waals surface area contributed by atoms with Gasteiger partial charge in [0.2, 0.25) is 0 Å². The molecule has 0 amide bonds. The van der Waals surface area contributed by atoms with Gasteiger partial charge in [0.05, 0.1) is 7.11 Å². The Labute approximate surface area is 114 Å². The van der Waals surface area contributed by atoms with Crippen LogP contribution >= 0.6 is 0 Å². The molecule has 1 N–H and O–H groups in total. The first kappa shape index (κ1) is 15.2. The van der Waals surface area contributed by atoms with Crippen LogP contribution in [-0.2, 0) is 11.3 Å². The molecule has 1 rings (SSSR count). The average Bonchev–Trinajstić information content (AvgIpc) is 2.42. The van der Waals surface area contributed by atoms with Crippen molar-refractivity contribution in [3.63, 3.8) is 0 Å². The van der Waals surface area contributed by atoms with Crippen LogP contribution in [0.5, 0.6) is 5.75 Å². The standard InChI is InChI=1S/C15H21NO3/c1-4-16(5-2)11-13-10-12(7-9-15(17)18)6-8-14(13)19-3/h6-10H,4-5,11H2,1-3H3,(H,17,18). The van der Waals surface area contributed by atoms with Crippen molar-refractivity contribution < 1.29 is 14.6 Å². The number of nitrogens with zero attached hydrogens (tertiary/aromatic N) is 1. The van der Waals surface area contributed by atoms with Crippen molar-refractivity contribution in [2.45, 2.75) is 20.4 Å². The highest BCUT2D eigenvalue weighted by molar-refractivity contribution is 5.85. The van der Waals surface area contributed by atoms with Crippen molar-refractivity contribution in [1.29, 1.82) is 0 Å². The molecule has 0 spiro atoms. The van der Waals surface area contributed by atoms with E-state index in [1.54, 1.807) is 13.2 Å². The molecule has 19 heavy (non-hydrogen) atoms. The van der Waals surface area contributed by atoms with Gasteiger partial charge in [-0.3, -0.25) is 4.90 Å². The fourth-order valence-corrected chi connectivity index (χ4v) is 1.88. The second-order valence-corrected chi connectivity index (χ2v) is 4.20. The van der Waals surface area contributed by atoms with E-state index in [0.717, 1.165) is 42.6 Å². The van der Waals surface area contributed by atoms with E-state index in [1.807, 2.05) is 18.2 Å². The third-order valence-electron chi connectivity index (χ3n) is 3.01. The maximum atomic E-state index is 10.5. The number of carboxylic acid groups (broad SMARTS) is 1. The lowest BCUT2D eigenvalue weighted by atomic mass is 10.1. The first-order valence-electron chi connectivity index (χ1n) is 6.41. The molecule has 0 radical (unpaired) electrons. The van der Waals surface area contributed by atoms with Crippen molar-refractivity contribution in [3.05, 3.63) is 35.4 Å². The second-order valence-electron chi connectivity index (χ2n) is 4.20. The number of aliphatic carboxylic acids is 1. The molecule has 0 fully saturated rings. The number of benzene rings is 1. The predicted molar refractivity (Wildman–Crippen MR) is 76.3 cm³/mol. The third-order valence-corrected chi connectivity index (χ3v) is 3.01. The van der Waals surface area contributed by atoms with E-state index in [9.17, 15) is 4.79 Å². The van der Waals surface area contributed by atoms with Gasteiger partial charge in [0.15, 0.2) is 0 Å². The Bertz CT molecular complexity index is 451. The Morgan fingerprint density at radius 3 is 2.58 bits per heavy atom. The number of hydrogen-bond donors (Lipinski definition) is 1. The van der Waals surface area contributed by atoms with Crippen molar-refractivity contribution in [3.8, 4) is 5.75 Å². The summed E-state index contributed by atoms with van der Waals surface area (Å²) in [6.45, 7) is 6.96. The fourth-order valence-electron chi connectivity index (χ4n) is 1.88. The maximum Gasteiger partial charge on any atom is 0.328 e. The molecule has 104 valence electrons. The van der Waals surface area contributed by atoms with Crippen LogP contribution < -0.4 is 4.74 Å². The topological polar surface area (TPSA) is 49.8 Å². The number of carbonyl (C=O) groups is 1. The van der Waals surface area contributed by atoms with Gasteiger partial charge in [-0.15, -0.1) is 0 Å². The van der Waals surface area contributed by atoms with E-state index in [0.29, 0.717) is 0 Å². The first-order chi connectivity index (χ1) is 9.10. The molecule has 0 aliphatic carbocycles. The number of methoxy groups -OCH3 is 1. The van der Waals surface area contributed by atoms with Crippen LogP contribution in [0.2, 0.25) is 0 Å². The highest BCUT2D eigenvalue weighted by Gasteiger charge is 2.07. The Hall–Kier alpha value is -1.81. The Kier molecular flexibility index (Phi) is 6.09. The molecular formula is C15H21NO3. The summed E-state index contributed by atoms with van der Waals surface area (Å²) >= 11 is 0. The van der Waals surface area contributed by atoms with E-state index in [-0.39, 0.29) is 0 Å². The number of hydrogen-bond acceptors (Lipinski definition) is 3. The summed E-state index contributed by atoms with van der Waals surface area (Å²) in [5.41, 5.74) is 1.93. The van der Waals surface area contributed by atoms with Crippen molar-refractivity contribution in [2.24, 2.45) is 0 Å². The number of ether oxygens (including phenoxy) is 1. The molecule has 1 aromatic carbocycles. The van der Waals surface area contributed by atoms with Gasteiger partial charge in [-0.25, -0.2) is 4.79 Å². The van der Waals surface area contributed by atoms with Gasteiger partial charge >= 0.3 is 5.97 Å². The zero-order chi connectivity index (χ0) is 14.3. The first-order valence-corrected chi connectivity index (χ1v) is 6.41. The summed E-state index contributed by atoms with van der Waals surface area (Å²) in [6.07, 6.45) is 2.73.